The van der Waals surface area contributed by atoms with E-state index in [-0.39, 0.29) is 0 Å². The van der Waals surface area contributed by atoms with E-state index in [1.54, 1.807) is 24.0 Å². The van der Waals surface area contributed by atoms with E-state index >= 15 is 0 Å². The molecule has 18 heavy (non-hydrogen) atoms. The van der Waals surface area contributed by atoms with Crippen LogP contribution in [0.15, 0.2) is 23.5 Å². The molecule has 0 spiro atoms. The number of halogens is 1. The molecule has 5 nitrogen and oxygen atoms in total. The molecule has 2 aromatic rings. The molecule has 0 unspecified atom stereocenters. The average Bonchev–Trinajstić information content (AvgIpc) is 2.71. The van der Waals surface area contributed by atoms with E-state index in [0.29, 0.717) is 11.7 Å². The Morgan fingerprint density at radius 1 is 1.39 bits per heavy atom. The van der Waals surface area contributed by atoms with Crippen LogP contribution in [0.2, 0.25) is 5.15 Å². The van der Waals surface area contributed by atoms with Crippen molar-refractivity contribution in [2.45, 2.75) is 24.4 Å². The lowest BCUT2D eigenvalue weighted by atomic mass is 10.3. The average molecular weight is 284 g/mol. The number of pyridine rings is 1. The molecule has 0 saturated carbocycles. The Morgan fingerprint density at radius 3 is 2.89 bits per heavy atom. The maximum absolute atomic E-state index is 5.74. The van der Waals surface area contributed by atoms with Crippen molar-refractivity contribution in [2.75, 3.05) is 6.54 Å². The summed E-state index contributed by atoms with van der Waals surface area (Å²) in [5.41, 5.74) is 6.67. The van der Waals surface area contributed by atoms with E-state index in [9.17, 15) is 0 Å². The number of hydrogen-bond donors (Lipinski definition) is 1. The van der Waals surface area contributed by atoms with Crippen LogP contribution in [-0.2, 0) is 12.3 Å². The van der Waals surface area contributed by atoms with Gasteiger partial charge in [0.2, 0.25) is 0 Å². The monoisotopic (exact) mass is 283 g/mol. The second kappa shape index (κ2) is 6.17. The number of rotatable bonds is 5. The van der Waals surface area contributed by atoms with Crippen molar-refractivity contribution in [3.8, 4) is 0 Å². The molecule has 2 rings (SSSR count). The quantitative estimate of drug-likeness (QED) is 0.670. The van der Waals surface area contributed by atoms with E-state index in [4.69, 9.17) is 17.3 Å². The van der Waals surface area contributed by atoms with Crippen LogP contribution in [0.25, 0.3) is 0 Å². The highest BCUT2D eigenvalue weighted by Gasteiger charge is 2.08. The molecule has 0 fully saturated rings. The molecule has 0 bridgehead atoms. The Morgan fingerprint density at radius 2 is 2.22 bits per heavy atom. The highest BCUT2D eigenvalue weighted by Crippen LogP contribution is 2.21. The standard InChI is InChI=1S/C11H14ClN5S/c1-8-15-16-11(17(8)5-4-13)18-7-9-2-3-10(12)14-6-9/h2-3,6H,4-5,7,13H2,1H3. The molecule has 0 aliphatic heterocycles. The normalized spacial score (nSPS) is 10.8. The van der Waals surface area contributed by atoms with Gasteiger partial charge in [-0.1, -0.05) is 29.4 Å². The van der Waals surface area contributed by atoms with Crippen LogP contribution in [0.4, 0.5) is 0 Å². The minimum absolute atomic E-state index is 0.505. The lowest BCUT2D eigenvalue weighted by molar-refractivity contribution is 0.627. The number of aromatic nitrogens is 4. The summed E-state index contributed by atoms with van der Waals surface area (Å²) >= 11 is 7.36. The SMILES string of the molecule is Cc1nnc(SCc2ccc(Cl)nc2)n1CCN. The first kappa shape index (κ1) is 13.3. The van der Waals surface area contributed by atoms with Gasteiger partial charge >= 0.3 is 0 Å². The molecule has 2 heterocycles. The fourth-order valence-corrected chi connectivity index (χ4v) is 2.55. The predicted octanol–water partition coefficient (Wildman–Crippen LogP) is 1.89. The van der Waals surface area contributed by atoms with Crippen molar-refractivity contribution in [1.29, 1.82) is 0 Å². The summed E-state index contributed by atoms with van der Waals surface area (Å²) in [6, 6.07) is 3.74. The van der Waals surface area contributed by atoms with Gasteiger partial charge in [-0.25, -0.2) is 4.98 Å². The van der Waals surface area contributed by atoms with Gasteiger partial charge in [-0.2, -0.15) is 0 Å². The number of hydrogen-bond acceptors (Lipinski definition) is 5. The van der Waals surface area contributed by atoms with Crippen LogP contribution in [-0.4, -0.2) is 26.3 Å². The van der Waals surface area contributed by atoms with Crippen LogP contribution in [0.5, 0.6) is 0 Å². The third kappa shape index (κ3) is 3.22. The van der Waals surface area contributed by atoms with E-state index in [2.05, 4.69) is 15.2 Å². The fourth-order valence-electron chi connectivity index (χ4n) is 1.49. The lowest BCUT2D eigenvalue weighted by Crippen LogP contribution is -2.12. The van der Waals surface area contributed by atoms with Gasteiger partial charge < -0.3 is 10.3 Å². The van der Waals surface area contributed by atoms with Crippen LogP contribution < -0.4 is 5.73 Å². The topological polar surface area (TPSA) is 69.6 Å². The summed E-state index contributed by atoms with van der Waals surface area (Å²) in [6.07, 6.45) is 1.77. The summed E-state index contributed by atoms with van der Waals surface area (Å²) in [5.74, 6) is 1.67. The van der Waals surface area contributed by atoms with Gasteiger partial charge in [-0.3, -0.25) is 0 Å². The first-order valence-electron chi connectivity index (χ1n) is 5.54. The molecule has 7 heteroatoms. The number of nitrogens with zero attached hydrogens (tertiary/aromatic N) is 4. The Balaban J connectivity index is 2.03. The van der Waals surface area contributed by atoms with Crippen LogP contribution in [0.1, 0.15) is 11.4 Å². The van der Waals surface area contributed by atoms with Gasteiger partial charge in [0, 0.05) is 25.0 Å². The molecule has 0 saturated heterocycles. The van der Waals surface area contributed by atoms with Crippen molar-refractivity contribution >= 4 is 23.4 Å². The first-order valence-corrected chi connectivity index (χ1v) is 6.90. The maximum atomic E-state index is 5.74. The van der Waals surface area contributed by atoms with Crippen LogP contribution in [0, 0.1) is 6.92 Å². The van der Waals surface area contributed by atoms with Gasteiger partial charge in [0.05, 0.1) is 0 Å². The van der Waals surface area contributed by atoms with Crippen molar-refractivity contribution < 1.29 is 0 Å². The molecule has 0 aromatic carbocycles. The van der Waals surface area contributed by atoms with E-state index < -0.39 is 0 Å². The molecule has 96 valence electrons. The van der Waals surface area contributed by atoms with E-state index in [1.165, 1.54) is 0 Å². The molecule has 0 radical (unpaired) electrons. The summed E-state index contributed by atoms with van der Waals surface area (Å²) in [7, 11) is 0. The minimum Gasteiger partial charge on any atom is -0.329 e. The molecule has 2 N–H and O–H groups in total. The Labute approximate surface area is 115 Å². The van der Waals surface area contributed by atoms with Crippen molar-refractivity contribution in [3.05, 3.63) is 34.9 Å². The highest BCUT2D eigenvalue weighted by atomic mass is 35.5. The fraction of sp³-hybridized carbons (Fsp3) is 0.364. The van der Waals surface area contributed by atoms with Crippen LogP contribution in [0.3, 0.4) is 0 Å². The molecule has 0 atom stereocenters. The first-order chi connectivity index (χ1) is 8.70. The molecular weight excluding hydrogens is 270 g/mol. The minimum atomic E-state index is 0.505. The third-order valence-electron chi connectivity index (χ3n) is 2.41. The van der Waals surface area contributed by atoms with Crippen molar-refractivity contribution in [1.82, 2.24) is 19.7 Å². The number of nitrogens with two attached hydrogens (primary N) is 1. The molecule has 0 aliphatic carbocycles. The Kier molecular flexibility index (Phi) is 4.57. The maximum Gasteiger partial charge on any atom is 0.191 e. The second-order valence-corrected chi connectivity index (χ2v) is 5.08. The molecular formula is C11H14ClN5S. The van der Waals surface area contributed by atoms with E-state index in [1.807, 2.05) is 17.6 Å². The third-order valence-corrected chi connectivity index (χ3v) is 3.67. The zero-order valence-corrected chi connectivity index (χ0v) is 11.6. The molecule has 0 amide bonds. The van der Waals surface area contributed by atoms with Gasteiger partial charge in [0.1, 0.15) is 11.0 Å². The van der Waals surface area contributed by atoms with Gasteiger partial charge in [0.15, 0.2) is 5.16 Å². The number of thioether (sulfide) groups is 1. The Hall–Kier alpha value is -1.11. The zero-order valence-electron chi connectivity index (χ0n) is 10.0. The smallest absolute Gasteiger partial charge is 0.191 e. The number of aryl methyl sites for hydroxylation is 1. The molecule has 2 aromatic heterocycles. The summed E-state index contributed by atoms with van der Waals surface area (Å²) in [6.45, 7) is 3.24. The van der Waals surface area contributed by atoms with Gasteiger partial charge in [-0.05, 0) is 18.6 Å². The van der Waals surface area contributed by atoms with Crippen LogP contribution >= 0.6 is 23.4 Å². The summed E-state index contributed by atoms with van der Waals surface area (Å²) < 4.78 is 2.02. The van der Waals surface area contributed by atoms with Gasteiger partial charge in [0.25, 0.3) is 0 Å². The largest absolute Gasteiger partial charge is 0.329 e. The van der Waals surface area contributed by atoms with Gasteiger partial charge in [-0.15, -0.1) is 10.2 Å². The zero-order chi connectivity index (χ0) is 13.0. The van der Waals surface area contributed by atoms with Crippen molar-refractivity contribution in [2.24, 2.45) is 5.73 Å². The summed E-state index contributed by atoms with van der Waals surface area (Å²) in [5, 5.41) is 9.59. The van der Waals surface area contributed by atoms with Crippen molar-refractivity contribution in [3.63, 3.8) is 0 Å². The van der Waals surface area contributed by atoms with E-state index in [0.717, 1.165) is 28.8 Å². The Bertz CT molecular complexity index is 511. The highest BCUT2D eigenvalue weighted by molar-refractivity contribution is 7.98. The molecule has 0 aliphatic rings. The lowest BCUT2D eigenvalue weighted by Gasteiger charge is -2.06. The summed E-state index contributed by atoms with van der Waals surface area (Å²) in [4.78, 5) is 4.04. The predicted molar refractivity (Wildman–Crippen MR) is 72.6 cm³/mol. The second-order valence-electron chi connectivity index (χ2n) is 3.75.